The molecule has 1 aliphatic heterocycles. The van der Waals surface area contributed by atoms with E-state index in [9.17, 15) is 33.9 Å². The highest BCUT2D eigenvalue weighted by atomic mass is 32.1. The number of amides is 6. The first-order chi connectivity index (χ1) is 37.1. The van der Waals surface area contributed by atoms with Crippen LogP contribution < -0.4 is 26.6 Å². The van der Waals surface area contributed by atoms with Crippen LogP contribution in [0.2, 0.25) is 0 Å². The molecule has 1 aromatic carbocycles. The van der Waals surface area contributed by atoms with Crippen LogP contribution in [0.1, 0.15) is 117 Å². The number of aromatic nitrogens is 7. The van der Waals surface area contributed by atoms with E-state index in [1.54, 1.807) is 65.5 Å². The van der Waals surface area contributed by atoms with Gasteiger partial charge in [0.25, 0.3) is 23.6 Å². The van der Waals surface area contributed by atoms with Gasteiger partial charge in [0.15, 0.2) is 0 Å². The number of aryl methyl sites for hydroxylation is 1. The highest BCUT2D eigenvalue weighted by Crippen LogP contribution is 2.40. The minimum atomic E-state index is -1.28. The minimum Gasteiger partial charge on any atom is -0.386 e. The lowest BCUT2D eigenvalue weighted by Crippen LogP contribution is -2.40. The third-order valence-electron chi connectivity index (χ3n) is 11.6. The lowest BCUT2D eigenvalue weighted by Gasteiger charge is -2.23. The Bertz CT molecular complexity index is 3600. The van der Waals surface area contributed by atoms with Gasteiger partial charge in [-0.2, -0.15) is 0 Å². The summed E-state index contributed by atoms with van der Waals surface area (Å²) < 4.78 is 5.43. The molecule has 1 aliphatic rings. The summed E-state index contributed by atoms with van der Waals surface area (Å²) in [5, 5.41) is 37.7. The van der Waals surface area contributed by atoms with Crippen LogP contribution in [-0.4, -0.2) is 96.1 Å². The van der Waals surface area contributed by atoms with Crippen molar-refractivity contribution in [3.8, 4) is 43.4 Å². The monoisotopic (exact) mass is 1150 g/mol. The molecule has 29 heteroatoms. The zero-order chi connectivity index (χ0) is 54.5. The van der Waals surface area contributed by atoms with Crippen molar-refractivity contribution < 1.29 is 38.6 Å². The van der Waals surface area contributed by atoms with Crippen molar-refractivity contribution in [2.24, 2.45) is 11.0 Å². The number of thiazole rings is 6. The van der Waals surface area contributed by atoms with E-state index in [2.05, 4.69) is 51.6 Å². The SMILES string of the molecule is CNC(=O)C[C@@H]1NC(=O)c2csc(n2)-c2ccc(-c3nc(C(=O)N=[N+]=[N-])cs3)nc2-c2csc(n2)-c2csc(n2)[C@H]([C@@H](O)c2ccccc2)NC(=O)CNC(=O)c2nc(sc2COC)C(C(C)C)NC(=O)c2nc1sc2C. The number of nitrogens with one attached hydrogen (secondary N) is 5. The summed E-state index contributed by atoms with van der Waals surface area (Å²) in [6, 6.07) is 9.32. The molecule has 0 radical (unpaired) electrons. The summed E-state index contributed by atoms with van der Waals surface area (Å²) in [6.45, 7) is 4.94. The summed E-state index contributed by atoms with van der Waals surface area (Å²) in [5.41, 5.74) is 11.3. The Morgan fingerprint density at radius 3 is 2.22 bits per heavy atom. The van der Waals surface area contributed by atoms with Gasteiger partial charge in [-0.25, -0.2) is 34.9 Å². The molecule has 394 valence electrons. The van der Waals surface area contributed by atoms with Crippen molar-refractivity contribution in [1.29, 1.82) is 0 Å². The van der Waals surface area contributed by atoms with Crippen molar-refractivity contribution in [2.45, 2.75) is 58.0 Å². The molecule has 1 unspecified atom stereocenters. The largest absolute Gasteiger partial charge is 0.386 e. The molecule has 8 heterocycles. The lowest BCUT2D eigenvalue weighted by atomic mass is 10.0. The summed E-state index contributed by atoms with van der Waals surface area (Å²) in [6.07, 6.45) is -1.50. The number of nitrogens with zero attached hydrogens (tertiary/aromatic N) is 10. The predicted octanol–water partition coefficient (Wildman–Crippen LogP) is 7.76. The maximum Gasteiger partial charge on any atom is 0.271 e. The molecule has 0 saturated carbocycles. The molecule has 9 rings (SSSR count). The van der Waals surface area contributed by atoms with Crippen molar-refractivity contribution in [1.82, 2.24) is 61.5 Å². The number of pyridine rings is 1. The molecule has 10 bridgehead atoms. The van der Waals surface area contributed by atoms with E-state index < -0.39 is 66.2 Å². The molecule has 4 atom stereocenters. The molecule has 0 aliphatic carbocycles. The zero-order valence-electron chi connectivity index (χ0n) is 41.1. The van der Waals surface area contributed by atoms with Crippen LogP contribution in [-0.2, 0) is 20.9 Å². The Balaban J connectivity index is 1.14. The Labute approximate surface area is 461 Å². The Morgan fingerprint density at radius 2 is 1.47 bits per heavy atom. The molecule has 77 heavy (non-hydrogen) atoms. The van der Waals surface area contributed by atoms with E-state index in [4.69, 9.17) is 30.2 Å². The van der Waals surface area contributed by atoms with Gasteiger partial charge in [-0.05, 0) is 41.2 Å². The summed E-state index contributed by atoms with van der Waals surface area (Å²) in [4.78, 5) is 118. The van der Waals surface area contributed by atoms with Crippen molar-refractivity contribution >= 4 is 103 Å². The number of benzene rings is 1. The van der Waals surface area contributed by atoms with Crippen LogP contribution in [0.25, 0.3) is 53.8 Å². The lowest BCUT2D eigenvalue weighted by molar-refractivity contribution is -0.122. The standard InChI is InChI=1S/C48H43N15O8S6/c1-20(2)33-48-61-36(30(77-48)15-71-5)41(69)51-14-32(65)58-37(38(66)22-9-7-6-8-10-22)47-57-29(19-75-47)45-54-26(16-73-45)35-23(11-12-24(52-35)44-56-28(18-74-44)40(68)62-63-49)43-55-27(17-72-43)39(67)53-25(13-31(64)50-4)46-60-34(21(3)76-46)42(70)59-33/h6-12,16-20,25,33,37-38,66H,13-15H2,1-5H3,(H,50,64)(H,51,69)(H,53,67)(H,58,65)(H,59,70)/t25-,33?,37-,38-/m0/s1. The van der Waals surface area contributed by atoms with Crippen LogP contribution in [0.4, 0.5) is 0 Å². The normalized spacial score (nSPS) is 16.6. The van der Waals surface area contributed by atoms with Gasteiger partial charge in [-0.15, -0.1) is 68.0 Å². The maximum absolute atomic E-state index is 14.2. The van der Waals surface area contributed by atoms with Crippen molar-refractivity contribution in [2.75, 3.05) is 20.7 Å². The van der Waals surface area contributed by atoms with E-state index in [0.717, 1.165) is 34.0 Å². The number of aliphatic hydroxyl groups is 1. The fourth-order valence-corrected chi connectivity index (χ4v) is 13.3. The fourth-order valence-electron chi connectivity index (χ4n) is 7.77. The minimum absolute atomic E-state index is 0.000783. The van der Waals surface area contributed by atoms with Crippen LogP contribution in [0.15, 0.2) is 69.1 Å². The second-order valence-electron chi connectivity index (χ2n) is 17.2. The first-order valence-electron chi connectivity index (χ1n) is 23.2. The Morgan fingerprint density at radius 1 is 0.753 bits per heavy atom. The van der Waals surface area contributed by atoms with Gasteiger partial charge in [-0.3, -0.25) is 28.8 Å². The summed E-state index contributed by atoms with van der Waals surface area (Å²) >= 11 is 6.97. The third kappa shape index (κ3) is 12.0. The number of aliphatic hydroxyl groups excluding tert-OH is 1. The van der Waals surface area contributed by atoms with Crippen LogP contribution in [0, 0.1) is 12.8 Å². The predicted molar refractivity (Wildman–Crippen MR) is 290 cm³/mol. The molecule has 0 spiro atoms. The van der Waals surface area contributed by atoms with Crippen molar-refractivity contribution in [3.05, 3.63) is 128 Å². The van der Waals surface area contributed by atoms with Gasteiger partial charge in [0.1, 0.15) is 82.0 Å². The number of carbonyl (C=O) groups excluding carboxylic acids is 6. The van der Waals surface area contributed by atoms with Crippen LogP contribution in [0.5, 0.6) is 0 Å². The number of ether oxygens (including phenoxy) is 1. The van der Waals surface area contributed by atoms with Gasteiger partial charge in [0, 0.05) is 51.0 Å². The molecular formula is C48H43N15O8S6. The molecule has 0 fully saturated rings. The molecule has 8 aromatic rings. The number of hydrogen-bond acceptors (Lipinski definition) is 21. The second kappa shape index (κ2) is 23.7. The Kier molecular flexibility index (Phi) is 16.7. The van der Waals surface area contributed by atoms with E-state index in [1.807, 2.05) is 13.8 Å². The average molecular weight is 1150 g/mol. The molecular weight excluding hydrogens is 1110 g/mol. The second-order valence-corrected chi connectivity index (χ2v) is 23.0. The molecule has 23 nitrogen and oxygen atoms in total. The number of methoxy groups -OCH3 is 1. The van der Waals surface area contributed by atoms with E-state index in [-0.39, 0.29) is 46.7 Å². The number of carbonyl (C=O) groups is 6. The molecule has 6 N–H and O–H groups in total. The van der Waals surface area contributed by atoms with Crippen molar-refractivity contribution in [3.63, 3.8) is 0 Å². The van der Waals surface area contributed by atoms with Gasteiger partial charge in [0.2, 0.25) is 11.8 Å². The zero-order valence-corrected chi connectivity index (χ0v) is 46.0. The first kappa shape index (κ1) is 54.2. The number of rotatable bonds is 9. The topological polar surface area (TPSA) is 331 Å². The Hall–Kier alpha value is -7.60. The van der Waals surface area contributed by atoms with E-state index in [1.165, 1.54) is 53.5 Å². The number of hydrogen-bond donors (Lipinski definition) is 6. The van der Waals surface area contributed by atoms with Gasteiger partial charge < -0.3 is 36.4 Å². The smallest absolute Gasteiger partial charge is 0.271 e. The first-order valence-corrected chi connectivity index (χ1v) is 28.3. The molecule has 6 amide bonds. The maximum atomic E-state index is 14.2. The van der Waals surface area contributed by atoms with Gasteiger partial charge in [0.05, 0.1) is 42.2 Å². The average Bonchev–Trinajstić information content (AvgIpc) is 4.33. The fraction of sp³-hybridized carbons (Fsp3) is 0.271. The highest BCUT2D eigenvalue weighted by Gasteiger charge is 2.33. The molecule has 7 aromatic heterocycles. The van der Waals surface area contributed by atoms with Gasteiger partial charge >= 0.3 is 0 Å². The number of fused-ring (bicyclic) bond motifs is 14. The van der Waals surface area contributed by atoms with Gasteiger partial charge in [-0.1, -0.05) is 44.2 Å². The summed E-state index contributed by atoms with van der Waals surface area (Å²) in [7, 11) is 2.93. The highest BCUT2D eigenvalue weighted by molar-refractivity contribution is 7.15. The molecule has 0 saturated heterocycles. The number of azide groups is 1. The van der Waals surface area contributed by atoms with E-state index in [0.29, 0.717) is 68.7 Å². The van der Waals surface area contributed by atoms with Crippen LogP contribution in [0.3, 0.4) is 0 Å². The van der Waals surface area contributed by atoms with E-state index >= 15 is 0 Å². The quantitative estimate of drug-likeness (QED) is 0.0457. The summed E-state index contributed by atoms with van der Waals surface area (Å²) in [5.74, 6) is -4.03. The van der Waals surface area contributed by atoms with Crippen LogP contribution >= 0.6 is 68.0 Å². The third-order valence-corrected chi connectivity index (χ3v) is 17.3.